The van der Waals surface area contributed by atoms with Gasteiger partial charge in [-0.15, -0.1) is 0 Å². The average molecular weight is 384 g/mol. The molecule has 0 saturated carbocycles. The molecular formula is C21H24N2O5. The van der Waals surface area contributed by atoms with Crippen molar-refractivity contribution < 1.29 is 23.7 Å². The van der Waals surface area contributed by atoms with E-state index < -0.39 is 0 Å². The van der Waals surface area contributed by atoms with Crippen LogP contribution in [-0.4, -0.2) is 47.0 Å². The standard InChI is InChI=1S/C21H24N2O5/c1-24-16-7-6-14-15(20(16)27-4)8-9-23(12-22)19(14)13-10-17(25-2)21(28-5)18(11-13)26-3/h6-7,10-11,19H,8-9H2,1-5H3. The molecule has 2 aromatic rings. The first-order chi connectivity index (χ1) is 13.6. The number of ether oxygens (including phenoxy) is 5. The van der Waals surface area contributed by atoms with Crippen LogP contribution in [0.2, 0.25) is 0 Å². The molecule has 1 aliphatic heterocycles. The first-order valence-corrected chi connectivity index (χ1v) is 8.83. The van der Waals surface area contributed by atoms with Crippen LogP contribution in [0.25, 0.3) is 0 Å². The summed E-state index contributed by atoms with van der Waals surface area (Å²) in [6.45, 7) is 0.564. The fourth-order valence-corrected chi connectivity index (χ4v) is 3.78. The zero-order valence-corrected chi connectivity index (χ0v) is 16.7. The van der Waals surface area contributed by atoms with Crippen LogP contribution in [0.4, 0.5) is 0 Å². The van der Waals surface area contributed by atoms with Gasteiger partial charge in [-0.05, 0) is 35.7 Å². The highest BCUT2D eigenvalue weighted by Crippen LogP contribution is 2.46. The van der Waals surface area contributed by atoms with Crippen molar-refractivity contribution in [2.75, 3.05) is 42.1 Å². The van der Waals surface area contributed by atoms with E-state index in [1.807, 2.05) is 24.3 Å². The Labute approximate surface area is 164 Å². The molecule has 1 unspecified atom stereocenters. The molecule has 1 aliphatic rings. The lowest BCUT2D eigenvalue weighted by Crippen LogP contribution is -2.32. The van der Waals surface area contributed by atoms with E-state index in [2.05, 4.69) is 6.19 Å². The summed E-state index contributed by atoms with van der Waals surface area (Å²) in [6, 6.07) is 7.30. The highest BCUT2D eigenvalue weighted by Gasteiger charge is 2.32. The summed E-state index contributed by atoms with van der Waals surface area (Å²) in [5.74, 6) is 2.98. The zero-order chi connectivity index (χ0) is 20.3. The molecule has 3 rings (SSSR count). The van der Waals surface area contributed by atoms with Crippen molar-refractivity contribution in [3.05, 3.63) is 41.0 Å². The molecule has 0 aromatic heterocycles. The quantitative estimate of drug-likeness (QED) is 0.708. The highest BCUT2D eigenvalue weighted by atomic mass is 16.5. The Kier molecular flexibility index (Phi) is 5.69. The van der Waals surface area contributed by atoms with Crippen LogP contribution in [-0.2, 0) is 6.42 Å². The molecule has 28 heavy (non-hydrogen) atoms. The van der Waals surface area contributed by atoms with Crippen molar-refractivity contribution >= 4 is 0 Å². The molecule has 2 aromatic carbocycles. The Balaban J connectivity index is 2.23. The Morgan fingerprint density at radius 3 is 1.96 bits per heavy atom. The number of fused-ring (bicyclic) bond motifs is 1. The minimum absolute atomic E-state index is 0.303. The topological polar surface area (TPSA) is 73.2 Å². The Bertz CT molecular complexity index is 881. The maximum Gasteiger partial charge on any atom is 0.203 e. The normalized spacial score (nSPS) is 15.3. The average Bonchev–Trinajstić information content (AvgIpc) is 2.75. The Morgan fingerprint density at radius 2 is 1.46 bits per heavy atom. The van der Waals surface area contributed by atoms with E-state index >= 15 is 0 Å². The first kappa shape index (κ1) is 19.5. The summed E-state index contributed by atoms with van der Waals surface area (Å²) >= 11 is 0. The number of nitrogens with zero attached hydrogens (tertiary/aromatic N) is 2. The second-order valence-electron chi connectivity index (χ2n) is 6.27. The highest BCUT2D eigenvalue weighted by molar-refractivity contribution is 5.59. The second kappa shape index (κ2) is 8.17. The predicted octanol–water partition coefficient (Wildman–Crippen LogP) is 3.16. The lowest BCUT2D eigenvalue weighted by atomic mass is 9.87. The minimum Gasteiger partial charge on any atom is -0.493 e. The largest absolute Gasteiger partial charge is 0.493 e. The summed E-state index contributed by atoms with van der Waals surface area (Å²) in [7, 11) is 7.96. The van der Waals surface area contributed by atoms with Crippen LogP contribution >= 0.6 is 0 Å². The van der Waals surface area contributed by atoms with Gasteiger partial charge in [0.15, 0.2) is 29.2 Å². The van der Waals surface area contributed by atoms with Gasteiger partial charge in [0.25, 0.3) is 0 Å². The van der Waals surface area contributed by atoms with E-state index in [1.54, 1.807) is 40.4 Å². The molecule has 0 amide bonds. The third-order valence-corrected chi connectivity index (χ3v) is 5.02. The van der Waals surface area contributed by atoms with Gasteiger partial charge in [0.1, 0.15) is 0 Å². The number of rotatable bonds is 6. The zero-order valence-electron chi connectivity index (χ0n) is 16.7. The minimum atomic E-state index is -0.303. The van der Waals surface area contributed by atoms with Gasteiger partial charge in [-0.2, -0.15) is 5.26 Å². The van der Waals surface area contributed by atoms with Gasteiger partial charge < -0.3 is 23.7 Å². The number of benzene rings is 2. The monoisotopic (exact) mass is 384 g/mol. The van der Waals surface area contributed by atoms with Crippen LogP contribution in [0.5, 0.6) is 28.7 Å². The summed E-state index contributed by atoms with van der Waals surface area (Å²) in [5.41, 5.74) is 2.89. The molecule has 0 radical (unpaired) electrons. The Hall–Kier alpha value is -3.27. The van der Waals surface area contributed by atoms with E-state index in [9.17, 15) is 5.26 Å². The van der Waals surface area contributed by atoms with Crippen LogP contribution in [0.1, 0.15) is 22.7 Å². The third-order valence-electron chi connectivity index (χ3n) is 5.02. The number of hydrogen-bond acceptors (Lipinski definition) is 7. The fraction of sp³-hybridized carbons (Fsp3) is 0.381. The summed E-state index contributed by atoms with van der Waals surface area (Å²) in [4.78, 5) is 1.74. The van der Waals surface area contributed by atoms with Crippen molar-refractivity contribution in [2.24, 2.45) is 0 Å². The smallest absolute Gasteiger partial charge is 0.203 e. The van der Waals surface area contributed by atoms with E-state index in [0.29, 0.717) is 41.7 Å². The molecule has 1 atom stereocenters. The first-order valence-electron chi connectivity index (χ1n) is 8.83. The molecule has 7 heteroatoms. The van der Waals surface area contributed by atoms with Crippen molar-refractivity contribution in [3.8, 4) is 34.9 Å². The number of hydrogen-bond donors (Lipinski definition) is 0. The van der Waals surface area contributed by atoms with Gasteiger partial charge in [0.05, 0.1) is 41.6 Å². The van der Waals surface area contributed by atoms with Gasteiger partial charge in [0, 0.05) is 12.1 Å². The lowest BCUT2D eigenvalue weighted by molar-refractivity contribution is 0.296. The summed E-state index contributed by atoms with van der Waals surface area (Å²) < 4.78 is 27.5. The van der Waals surface area contributed by atoms with Crippen molar-refractivity contribution in [1.29, 1.82) is 5.26 Å². The van der Waals surface area contributed by atoms with Gasteiger partial charge in [-0.3, -0.25) is 4.90 Å². The maximum absolute atomic E-state index is 9.76. The van der Waals surface area contributed by atoms with Gasteiger partial charge >= 0.3 is 0 Å². The molecular weight excluding hydrogens is 360 g/mol. The van der Waals surface area contributed by atoms with Crippen LogP contribution in [0.15, 0.2) is 24.3 Å². The van der Waals surface area contributed by atoms with Gasteiger partial charge in [0.2, 0.25) is 5.75 Å². The van der Waals surface area contributed by atoms with E-state index in [0.717, 1.165) is 16.7 Å². The van der Waals surface area contributed by atoms with E-state index in [4.69, 9.17) is 23.7 Å². The van der Waals surface area contributed by atoms with Gasteiger partial charge in [-0.25, -0.2) is 0 Å². The fourth-order valence-electron chi connectivity index (χ4n) is 3.78. The lowest BCUT2D eigenvalue weighted by Gasteiger charge is -2.35. The van der Waals surface area contributed by atoms with E-state index in [-0.39, 0.29) is 6.04 Å². The Morgan fingerprint density at radius 1 is 0.857 bits per heavy atom. The predicted molar refractivity (Wildman–Crippen MR) is 104 cm³/mol. The van der Waals surface area contributed by atoms with E-state index in [1.165, 1.54) is 0 Å². The molecule has 148 valence electrons. The SMILES string of the molecule is COc1cc(C2c3ccc(OC)c(OC)c3CCN2C#N)cc(OC)c1OC. The van der Waals surface area contributed by atoms with Crippen LogP contribution in [0.3, 0.4) is 0 Å². The summed E-state index contributed by atoms with van der Waals surface area (Å²) in [6.07, 6.45) is 3.00. The molecule has 0 spiro atoms. The summed E-state index contributed by atoms with van der Waals surface area (Å²) in [5, 5.41) is 9.76. The van der Waals surface area contributed by atoms with Crippen LogP contribution in [0, 0.1) is 11.5 Å². The molecule has 7 nitrogen and oxygen atoms in total. The number of nitriles is 1. The van der Waals surface area contributed by atoms with Crippen molar-refractivity contribution in [2.45, 2.75) is 12.5 Å². The molecule has 0 saturated heterocycles. The number of methoxy groups -OCH3 is 5. The van der Waals surface area contributed by atoms with Crippen molar-refractivity contribution in [3.63, 3.8) is 0 Å². The molecule has 0 bridgehead atoms. The molecule has 0 N–H and O–H groups in total. The van der Waals surface area contributed by atoms with Crippen LogP contribution < -0.4 is 23.7 Å². The maximum atomic E-state index is 9.76. The van der Waals surface area contributed by atoms with Crippen molar-refractivity contribution in [1.82, 2.24) is 4.90 Å². The molecule has 0 aliphatic carbocycles. The third kappa shape index (κ3) is 3.11. The van der Waals surface area contributed by atoms with Gasteiger partial charge in [-0.1, -0.05) is 6.07 Å². The molecule has 0 fully saturated rings. The second-order valence-corrected chi connectivity index (χ2v) is 6.27. The molecule has 1 heterocycles.